The fraction of sp³-hybridized carbons (Fsp3) is 0.296. The largest absolute Gasteiger partial charge is 0.481 e. The molecule has 13 heteroatoms. The van der Waals surface area contributed by atoms with Crippen molar-refractivity contribution in [2.45, 2.75) is 32.4 Å². The van der Waals surface area contributed by atoms with Crippen molar-refractivity contribution in [1.29, 1.82) is 0 Å². The van der Waals surface area contributed by atoms with Gasteiger partial charge in [-0.2, -0.15) is 5.10 Å². The lowest BCUT2D eigenvalue weighted by molar-refractivity contribution is -0.138. The summed E-state index contributed by atoms with van der Waals surface area (Å²) in [5.74, 6) is 0.771. The molecular formula is C27H28Cl3N7O3. The van der Waals surface area contributed by atoms with Crippen LogP contribution >= 0.6 is 35.6 Å². The fourth-order valence-corrected chi connectivity index (χ4v) is 5.07. The molecule has 3 aromatic heterocycles. The highest BCUT2D eigenvalue weighted by Crippen LogP contribution is 2.31. The number of hydrogen-bond donors (Lipinski definition) is 3. The SMILES string of the molecule is Cl.O=C(O)CC1CCN(Cc2cc(Oc3cnc(NCc4ccn[nH]4)nc3)nc(-c3cc(Cl)cc(Cl)c3)c2)CC1. The van der Waals surface area contributed by atoms with Crippen molar-refractivity contribution < 1.29 is 14.6 Å². The summed E-state index contributed by atoms with van der Waals surface area (Å²) in [4.78, 5) is 26.8. The van der Waals surface area contributed by atoms with E-state index in [1.807, 2.05) is 30.3 Å². The molecule has 3 N–H and O–H groups in total. The minimum absolute atomic E-state index is 0. The highest BCUT2D eigenvalue weighted by atomic mass is 35.5. The third-order valence-electron chi connectivity index (χ3n) is 6.44. The molecular weight excluding hydrogens is 577 g/mol. The van der Waals surface area contributed by atoms with Gasteiger partial charge in [-0.3, -0.25) is 14.8 Å². The van der Waals surface area contributed by atoms with Gasteiger partial charge in [0.1, 0.15) is 0 Å². The number of halogens is 3. The van der Waals surface area contributed by atoms with Gasteiger partial charge in [-0.25, -0.2) is 15.0 Å². The molecule has 40 heavy (non-hydrogen) atoms. The summed E-state index contributed by atoms with van der Waals surface area (Å²) in [7, 11) is 0. The molecule has 210 valence electrons. The topological polar surface area (TPSA) is 129 Å². The van der Waals surface area contributed by atoms with Crippen molar-refractivity contribution in [2.24, 2.45) is 5.92 Å². The van der Waals surface area contributed by atoms with Crippen LogP contribution in [-0.4, -0.2) is 54.2 Å². The maximum absolute atomic E-state index is 11.1. The number of pyridine rings is 1. The van der Waals surface area contributed by atoms with Gasteiger partial charge in [-0.1, -0.05) is 23.2 Å². The molecule has 0 saturated carbocycles. The standard InChI is InChI=1S/C27H27Cl2N7O3.ClH/c28-20-10-19(11-21(29)12-20)24-7-18(16-36-5-2-17(3-6-36)9-26(37)38)8-25(34-24)39-23-14-31-27(32-15-23)30-13-22-1-4-33-35-22;/h1,4,7-8,10-12,14-15,17H,2-3,5-6,9,13,16H2,(H,33,35)(H,37,38)(H,30,31,32);1H. The van der Waals surface area contributed by atoms with E-state index in [0.29, 0.717) is 46.4 Å². The Morgan fingerprint density at radius 3 is 2.48 bits per heavy atom. The number of nitrogens with one attached hydrogen (secondary N) is 2. The first-order chi connectivity index (χ1) is 18.9. The molecule has 1 aromatic carbocycles. The average Bonchev–Trinajstić information content (AvgIpc) is 3.42. The first-order valence-electron chi connectivity index (χ1n) is 12.5. The molecule has 0 radical (unpaired) electrons. The zero-order valence-electron chi connectivity index (χ0n) is 21.4. The van der Waals surface area contributed by atoms with Crippen molar-refractivity contribution in [3.63, 3.8) is 0 Å². The highest BCUT2D eigenvalue weighted by molar-refractivity contribution is 6.35. The third kappa shape index (κ3) is 8.28. The van der Waals surface area contributed by atoms with E-state index in [0.717, 1.165) is 42.8 Å². The van der Waals surface area contributed by atoms with Crippen LogP contribution in [-0.2, 0) is 17.9 Å². The van der Waals surface area contributed by atoms with Crippen LogP contribution < -0.4 is 10.1 Å². The van der Waals surface area contributed by atoms with Gasteiger partial charge in [0.05, 0.1) is 30.3 Å². The Bertz CT molecular complexity index is 1390. The number of aromatic amines is 1. The number of carboxylic acids is 1. The first-order valence-corrected chi connectivity index (χ1v) is 13.3. The Balaban J connectivity index is 0.00000370. The van der Waals surface area contributed by atoms with Crippen LogP contribution in [0.1, 0.15) is 30.5 Å². The predicted octanol–water partition coefficient (Wildman–Crippen LogP) is 6.08. The number of anilines is 1. The fourth-order valence-electron chi connectivity index (χ4n) is 4.54. The van der Waals surface area contributed by atoms with Gasteiger partial charge < -0.3 is 15.2 Å². The van der Waals surface area contributed by atoms with Crippen molar-refractivity contribution >= 4 is 47.5 Å². The number of likely N-dealkylation sites (tertiary alicyclic amines) is 1. The number of aliphatic carboxylic acids is 1. The van der Waals surface area contributed by atoms with E-state index in [4.69, 9.17) is 38.0 Å². The van der Waals surface area contributed by atoms with Gasteiger partial charge in [0.15, 0.2) is 5.75 Å². The second-order valence-corrected chi connectivity index (χ2v) is 10.3. The van der Waals surface area contributed by atoms with Crippen LogP contribution in [0.4, 0.5) is 5.95 Å². The number of aromatic nitrogens is 5. The number of piperidine rings is 1. The number of carboxylic acid groups (broad SMARTS) is 1. The minimum Gasteiger partial charge on any atom is -0.481 e. The Morgan fingerprint density at radius 2 is 1.82 bits per heavy atom. The van der Waals surface area contributed by atoms with Gasteiger partial charge in [0.25, 0.3) is 0 Å². The third-order valence-corrected chi connectivity index (χ3v) is 6.88. The van der Waals surface area contributed by atoms with Crippen LogP contribution in [0, 0.1) is 5.92 Å². The Kier molecular flexibility index (Phi) is 10.2. The lowest BCUT2D eigenvalue weighted by Crippen LogP contribution is -2.33. The predicted molar refractivity (Wildman–Crippen MR) is 155 cm³/mol. The Labute approximate surface area is 247 Å². The van der Waals surface area contributed by atoms with Gasteiger partial charge in [-0.05, 0) is 67.7 Å². The molecule has 0 spiro atoms. The zero-order valence-corrected chi connectivity index (χ0v) is 23.7. The van der Waals surface area contributed by atoms with E-state index in [1.165, 1.54) is 0 Å². The summed E-state index contributed by atoms with van der Waals surface area (Å²) < 4.78 is 6.07. The molecule has 1 fully saturated rings. The molecule has 4 aromatic rings. The van der Waals surface area contributed by atoms with Crippen LogP contribution in [0.3, 0.4) is 0 Å². The molecule has 10 nitrogen and oxygen atoms in total. The molecule has 1 saturated heterocycles. The molecule has 1 aliphatic heterocycles. The average molecular weight is 605 g/mol. The molecule has 0 aliphatic carbocycles. The van der Waals surface area contributed by atoms with Crippen LogP contribution in [0.5, 0.6) is 11.6 Å². The summed E-state index contributed by atoms with van der Waals surface area (Å²) in [5.41, 5.74) is 3.36. The second kappa shape index (κ2) is 13.8. The van der Waals surface area contributed by atoms with E-state index in [-0.39, 0.29) is 24.7 Å². The van der Waals surface area contributed by atoms with E-state index in [1.54, 1.807) is 24.7 Å². The highest BCUT2D eigenvalue weighted by Gasteiger charge is 2.22. The molecule has 4 heterocycles. The van der Waals surface area contributed by atoms with Gasteiger partial charge in [0, 0.05) is 40.8 Å². The number of benzene rings is 1. The monoisotopic (exact) mass is 603 g/mol. The number of H-pyrrole nitrogens is 1. The summed E-state index contributed by atoms with van der Waals surface area (Å²) in [6.07, 6.45) is 6.79. The molecule has 0 amide bonds. The second-order valence-electron chi connectivity index (χ2n) is 9.45. The molecule has 0 atom stereocenters. The maximum Gasteiger partial charge on any atom is 0.303 e. The lowest BCUT2D eigenvalue weighted by Gasteiger charge is -2.31. The van der Waals surface area contributed by atoms with Gasteiger partial charge in [0.2, 0.25) is 11.8 Å². The number of hydrogen-bond acceptors (Lipinski definition) is 8. The Hall–Kier alpha value is -3.44. The van der Waals surface area contributed by atoms with Crippen LogP contribution in [0.25, 0.3) is 11.3 Å². The number of carbonyl (C=O) groups is 1. The normalized spacial score (nSPS) is 13.9. The number of rotatable bonds is 10. The van der Waals surface area contributed by atoms with Gasteiger partial charge >= 0.3 is 5.97 Å². The molecule has 0 bridgehead atoms. The van der Waals surface area contributed by atoms with Crippen molar-refractivity contribution in [2.75, 3.05) is 18.4 Å². The minimum atomic E-state index is -0.736. The van der Waals surface area contributed by atoms with Crippen molar-refractivity contribution in [1.82, 2.24) is 30.0 Å². The lowest BCUT2D eigenvalue weighted by atomic mass is 9.93. The Morgan fingerprint density at radius 1 is 1.10 bits per heavy atom. The number of ether oxygens (including phenoxy) is 1. The van der Waals surface area contributed by atoms with Crippen LogP contribution in [0.2, 0.25) is 10.0 Å². The summed E-state index contributed by atoms with van der Waals surface area (Å²) in [5, 5.41) is 20.1. The van der Waals surface area contributed by atoms with Crippen molar-refractivity contribution in [3.8, 4) is 22.9 Å². The van der Waals surface area contributed by atoms with E-state index in [2.05, 4.69) is 30.4 Å². The summed E-state index contributed by atoms with van der Waals surface area (Å²) in [6, 6.07) is 11.1. The van der Waals surface area contributed by atoms with Crippen LogP contribution in [0.15, 0.2) is 55.0 Å². The maximum atomic E-state index is 11.1. The van der Waals surface area contributed by atoms with E-state index >= 15 is 0 Å². The quantitative estimate of drug-likeness (QED) is 0.197. The van der Waals surface area contributed by atoms with E-state index < -0.39 is 5.97 Å². The van der Waals surface area contributed by atoms with E-state index in [9.17, 15) is 4.79 Å². The first kappa shape index (κ1) is 29.5. The van der Waals surface area contributed by atoms with Crippen molar-refractivity contribution in [3.05, 3.63) is 76.3 Å². The molecule has 1 aliphatic rings. The smallest absolute Gasteiger partial charge is 0.303 e. The zero-order chi connectivity index (χ0) is 27.2. The summed E-state index contributed by atoms with van der Waals surface area (Å²) >= 11 is 12.5. The summed E-state index contributed by atoms with van der Waals surface area (Å²) in [6.45, 7) is 2.85. The molecule has 0 unspecified atom stereocenters. The molecule has 5 rings (SSSR count). The van der Waals surface area contributed by atoms with Gasteiger partial charge in [-0.15, -0.1) is 12.4 Å². The number of nitrogens with zero attached hydrogens (tertiary/aromatic N) is 5.